The molecule has 1 atom stereocenters. The van der Waals surface area contributed by atoms with Crippen LogP contribution in [0.2, 0.25) is 0 Å². The van der Waals surface area contributed by atoms with E-state index in [9.17, 15) is 0 Å². The molecule has 0 rings (SSSR count). The largest absolute Gasteiger partial charge is 0.319 e. The Morgan fingerprint density at radius 2 is 2.43 bits per heavy atom. The highest BCUT2D eigenvalue weighted by molar-refractivity contribution is 14.1. The fourth-order valence-corrected chi connectivity index (χ4v) is 0.953. The number of hydrogen-bond donors (Lipinski definition) is 2. The van der Waals surface area contributed by atoms with Crippen LogP contribution < -0.4 is 5.73 Å². The normalized spacial score (nSPS) is 13.6. The maximum atomic E-state index is 6.94. The lowest BCUT2D eigenvalue weighted by Gasteiger charge is -1.97. The third kappa shape index (κ3) is 6.36. The minimum Gasteiger partial charge on any atom is -0.319 e. The minimum atomic E-state index is 0.120. The van der Waals surface area contributed by atoms with Gasteiger partial charge in [0, 0.05) is 12.1 Å². The second kappa shape index (κ2) is 3.37. The lowest BCUT2D eigenvalue weighted by Crippen LogP contribution is -2.13. The first-order valence-corrected chi connectivity index (χ1v) is 3.31. The molecule has 0 aromatic carbocycles. The monoisotopic (exact) mass is 212 g/mol. The number of nitrogens with one attached hydrogen (secondary N) is 1. The summed E-state index contributed by atoms with van der Waals surface area (Å²) in [6.07, 6.45) is 0.709. The van der Waals surface area contributed by atoms with Gasteiger partial charge in [-0.05, 0) is 6.92 Å². The molecule has 0 aromatic rings. The molecule has 3 N–H and O–H groups in total. The molecule has 0 amide bonds. The fraction of sp³-hybridized carbons (Fsp3) is 0.750. The molecule has 0 saturated carbocycles. The highest BCUT2D eigenvalue weighted by Crippen LogP contribution is 1.96. The molecule has 0 heterocycles. The SMILES string of the molecule is CC(=N)CC(N)I. The van der Waals surface area contributed by atoms with Crippen molar-refractivity contribution in [1.29, 1.82) is 5.41 Å². The molecular formula is C4H9IN2. The van der Waals surface area contributed by atoms with Crippen molar-refractivity contribution in [3.63, 3.8) is 0 Å². The molecule has 0 bridgehead atoms. The van der Waals surface area contributed by atoms with Crippen molar-refractivity contribution in [2.75, 3.05) is 0 Å². The summed E-state index contributed by atoms with van der Waals surface area (Å²) in [6, 6.07) is 0. The first-order chi connectivity index (χ1) is 3.13. The molecule has 3 heteroatoms. The highest BCUT2D eigenvalue weighted by atomic mass is 127. The van der Waals surface area contributed by atoms with Gasteiger partial charge in [-0.15, -0.1) is 0 Å². The van der Waals surface area contributed by atoms with Gasteiger partial charge >= 0.3 is 0 Å². The van der Waals surface area contributed by atoms with Crippen LogP contribution in [-0.4, -0.2) is 9.76 Å². The van der Waals surface area contributed by atoms with E-state index in [1.54, 1.807) is 6.92 Å². The van der Waals surface area contributed by atoms with Crippen molar-refractivity contribution in [3.05, 3.63) is 0 Å². The van der Waals surface area contributed by atoms with Crippen molar-refractivity contribution >= 4 is 28.3 Å². The zero-order valence-corrected chi connectivity index (χ0v) is 6.40. The summed E-state index contributed by atoms with van der Waals surface area (Å²) < 4.78 is 0.120. The van der Waals surface area contributed by atoms with Crippen molar-refractivity contribution < 1.29 is 0 Å². The maximum Gasteiger partial charge on any atom is 0.0620 e. The summed E-state index contributed by atoms with van der Waals surface area (Å²) in [5.74, 6) is 0. The van der Waals surface area contributed by atoms with Crippen LogP contribution in [0.1, 0.15) is 13.3 Å². The number of alkyl halides is 1. The molecule has 0 aromatic heterocycles. The van der Waals surface area contributed by atoms with Gasteiger partial charge in [0.2, 0.25) is 0 Å². The number of halogens is 1. The molecule has 0 saturated heterocycles. The second-order valence-electron chi connectivity index (χ2n) is 1.50. The lowest BCUT2D eigenvalue weighted by molar-refractivity contribution is 0.992. The number of hydrogen-bond acceptors (Lipinski definition) is 2. The molecule has 0 aliphatic rings. The molecule has 0 radical (unpaired) electrons. The minimum absolute atomic E-state index is 0.120. The van der Waals surface area contributed by atoms with Crippen LogP contribution in [0.5, 0.6) is 0 Å². The molecule has 1 unspecified atom stereocenters. The number of nitrogens with two attached hydrogens (primary N) is 1. The third-order valence-corrected chi connectivity index (χ3v) is 0.942. The van der Waals surface area contributed by atoms with E-state index in [1.807, 2.05) is 0 Å². The van der Waals surface area contributed by atoms with E-state index in [0.717, 1.165) is 0 Å². The van der Waals surface area contributed by atoms with Crippen molar-refractivity contribution in [3.8, 4) is 0 Å². The summed E-state index contributed by atoms with van der Waals surface area (Å²) in [4.78, 5) is 0. The van der Waals surface area contributed by atoms with Gasteiger partial charge in [-0.2, -0.15) is 0 Å². The predicted octanol–water partition coefficient (Wildman–Crippen LogP) is 1.14. The van der Waals surface area contributed by atoms with Crippen LogP contribution in [0.15, 0.2) is 0 Å². The Morgan fingerprint density at radius 1 is 2.00 bits per heavy atom. The quantitative estimate of drug-likeness (QED) is 0.306. The van der Waals surface area contributed by atoms with Crippen molar-refractivity contribution in [1.82, 2.24) is 0 Å². The predicted molar refractivity (Wildman–Crippen MR) is 40.0 cm³/mol. The Hall–Kier alpha value is 0.360. The Morgan fingerprint density at radius 3 is 2.43 bits per heavy atom. The van der Waals surface area contributed by atoms with Gasteiger partial charge in [0.25, 0.3) is 0 Å². The molecule has 42 valence electrons. The van der Waals surface area contributed by atoms with Crippen molar-refractivity contribution in [2.24, 2.45) is 5.73 Å². The van der Waals surface area contributed by atoms with Crippen LogP contribution >= 0.6 is 22.6 Å². The highest BCUT2D eigenvalue weighted by Gasteiger charge is 1.93. The van der Waals surface area contributed by atoms with Gasteiger partial charge in [0.15, 0.2) is 0 Å². The summed E-state index contributed by atoms with van der Waals surface area (Å²) >= 11 is 2.09. The molecule has 0 aliphatic carbocycles. The Labute approximate surface area is 57.1 Å². The van der Waals surface area contributed by atoms with Crippen molar-refractivity contribution in [2.45, 2.75) is 17.4 Å². The lowest BCUT2D eigenvalue weighted by atomic mass is 10.3. The Kier molecular flexibility index (Phi) is 3.55. The van der Waals surface area contributed by atoms with Gasteiger partial charge in [0.05, 0.1) is 4.05 Å². The zero-order chi connectivity index (χ0) is 5.86. The molecule has 7 heavy (non-hydrogen) atoms. The van der Waals surface area contributed by atoms with Gasteiger partial charge in [-0.25, -0.2) is 0 Å². The van der Waals surface area contributed by atoms with Crippen LogP contribution in [0, 0.1) is 5.41 Å². The van der Waals surface area contributed by atoms with Gasteiger partial charge < -0.3 is 11.1 Å². The van der Waals surface area contributed by atoms with E-state index in [4.69, 9.17) is 11.1 Å². The van der Waals surface area contributed by atoms with Crippen LogP contribution in [-0.2, 0) is 0 Å². The fourth-order valence-electron chi connectivity index (χ4n) is 0.293. The Bertz CT molecular complexity index is 70.1. The van der Waals surface area contributed by atoms with Gasteiger partial charge in [-0.3, -0.25) is 0 Å². The first kappa shape index (κ1) is 7.36. The first-order valence-electron chi connectivity index (χ1n) is 2.06. The maximum absolute atomic E-state index is 6.94. The number of rotatable bonds is 2. The van der Waals surface area contributed by atoms with Crippen LogP contribution in [0.25, 0.3) is 0 Å². The molecule has 2 nitrogen and oxygen atoms in total. The topological polar surface area (TPSA) is 49.9 Å². The average Bonchev–Trinajstić information content (AvgIpc) is 1.27. The van der Waals surface area contributed by atoms with Crippen LogP contribution in [0.4, 0.5) is 0 Å². The van der Waals surface area contributed by atoms with E-state index in [0.29, 0.717) is 12.1 Å². The van der Waals surface area contributed by atoms with E-state index in [1.165, 1.54) is 0 Å². The molecule has 0 spiro atoms. The van der Waals surface area contributed by atoms with E-state index in [2.05, 4.69) is 22.6 Å². The van der Waals surface area contributed by atoms with E-state index in [-0.39, 0.29) is 4.05 Å². The van der Waals surface area contributed by atoms with Crippen LogP contribution in [0.3, 0.4) is 0 Å². The summed E-state index contributed by atoms with van der Waals surface area (Å²) in [6.45, 7) is 1.76. The third-order valence-electron chi connectivity index (χ3n) is 0.501. The average molecular weight is 212 g/mol. The molecule has 0 fully saturated rings. The van der Waals surface area contributed by atoms with Gasteiger partial charge in [0.1, 0.15) is 0 Å². The zero-order valence-electron chi connectivity index (χ0n) is 4.24. The van der Waals surface area contributed by atoms with E-state index >= 15 is 0 Å². The summed E-state index contributed by atoms with van der Waals surface area (Å²) in [5, 5.41) is 6.94. The Balaban J connectivity index is 3.13. The molecule has 0 aliphatic heterocycles. The summed E-state index contributed by atoms with van der Waals surface area (Å²) in [5.41, 5.74) is 5.99. The van der Waals surface area contributed by atoms with Gasteiger partial charge in [-0.1, -0.05) is 22.6 Å². The molecular weight excluding hydrogens is 203 g/mol. The van der Waals surface area contributed by atoms with E-state index < -0.39 is 0 Å². The second-order valence-corrected chi connectivity index (χ2v) is 3.10. The standard InChI is InChI=1S/C4H9IN2/c1-3(6)2-4(5)7/h4,6H,2,7H2,1H3. The smallest absolute Gasteiger partial charge is 0.0620 e. The summed E-state index contributed by atoms with van der Waals surface area (Å²) in [7, 11) is 0.